The lowest BCUT2D eigenvalue weighted by Gasteiger charge is -1.98. The number of aromatic nitrogens is 2. The molecule has 1 aromatic heterocycles. The quantitative estimate of drug-likeness (QED) is 0.587. The summed E-state index contributed by atoms with van der Waals surface area (Å²) < 4.78 is 1.64. The van der Waals surface area contributed by atoms with E-state index in [1.54, 1.807) is 10.8 Å². The van der Waals surface area contributed by atoms with Crippen molar-refractivity contribution < 1.29 is 5.11 Å². The van der Waals surface area contributed by atoms with E-state index in [2.05, 4.69) is 4.98 Å². The van der Waals surface area contributed by atoms with Crippen molar-refractivity contribution in [3.63, 3.8) is 0 Å². The van der Waals surface area contributed by atoms with Crippen molar-refractivity contribution in [3.8, 4) is 0 Å². The Bertz CT molecular complexity index is 236. The second-order valence-corrected chi connectivity index (χ2v) is 1.86. The lowest BCUT2D eigenvalue weighted by Crippen LogP contribution is -2.10. The van der Waals surface area contributed by atoms with Crippen LogP contribution in [0.4, 0.5) is 0 Å². The van der Waals surface area contributed by atoms with E-state index in [1.165, 1.54) is 12.4 Å². The van der Waals surface area contributed by atoms with Crippen LogP contribution in [0.25, 0.3) is 0 Å². The van der Waals surface area contributed by atoms with E-state index in [9.17, 15) is 4.79 Å². The minimum atomic E-state index is -0.255. The topological polar surface area (TPSA) is 55.1 Å². The Morgan fingerprint density at radius 1 is 1.70 bits per heavy atom. The Labute approximate surface area is 57.8 Å². The Morgan fingerprint density at radius 2 is 2.50 bits per heavy atom. The molecule has 0 radical (unpaired) electrons. The van der Waals surface area contributed by atoms with Gasteiger partial charge in [-0.25, -0.2) is 0 Å². The lowest BCUT2D eigenvalue weighted by molar-refractivity contribution is 0.275. The summed E-state index contributed by atoms with van der Waals surface area (Å²) in [4.78, 5) is 13.9. The van der Waals surface area contributed by atoms with E-state index in [0.717, 1.165) is 0 Å². The van der Waals surface area contributed by atoms with E-state index in [-0.39, 0.29) is 12.2 Å². The molecule has 4 nitrogen and oxygen atoms in total. The van der Waals surface area contributed by atoms with Gasteiger partial charge >= 0.3 is 0 Å². The average Bonchev–Trinajstić information content (AvgIpc) is 1.95. The van der Waals surface area contributed by atoms with Crippen LogP contribution in [-0.4, -0.2) is 21.3 Å². The highest BCUT2D eigenvalue weighted by Crippen LogP contribution is 1.78. The average molecular weight is 140 g/mol. The number of rotatable bonds is 2. The van der Waals surface area contributed by atoms with Gasteiger partial charge in [0.1, 0.15) is 0 Å². The molecule has 0 fully saturated rings. The standard InChI is InChI=1S/C6H8N2O2/c9-4-3-8-2-1-6(10)7-5-8/h1-2,5,9H,3-4H2. The number of aliphatic hydroxyl groups is 1. The molecule has 0 atom stereocenters. The second kappa shape index (κ2) is 3.12. The molecule has 0 unspecified atom stereocenters. The molecule has 0 aliphatic rings. The number of hydrogen-bond donors (Lipinski definition) is 1. The van der Waals surface area contributed by atoms with Gasteiger partial charge in [0, 0.05) is 18.8 Å². The van der Waals surface area contributed by atoms with Gasteiger partial charge in [0.2, 0.25) is 0 Å². The molecule has 0 saturated carbocycles. The fourth-order valence-corrected chi connectivity index (χ4v) is 0.620. The van der Waals surface area contributed by atoms with Crippen LogP contribution in [0.15, 0.2) is 23.4 Å². The summed E-state index contributed by atoms with van der Waals surface area (Å²) in [7, 11) is 0. The number of hydrogen-bond acceptors (Lipinski definition) is 3. The first-order chi connectivity index (χ1) is 4.83. The Kier molecular flexibility index (Phi) is 2.17. The molecule has 1 N–H and O–H groups in total. The zero-order valence-electron chi connectivity index (χ0n) is 5.40. The van der Waals surface area contributed by atoms with Gasteiger partial charge in [0.15, 0.2) is 0 Å². The third kappa shape index (κ3) is 1.66. The summed E-state index contributed by atoms with van der Waals surface area (Å²) in [6.45, 7) is 0.540. The Hall–Kier alpha value is -1.16. The highest BCUT2D eigenvalue weighted by molar-refractivity contribution is 4.81. The van der Waals surface area contributed by atoms with Gasteiger partial charge in [-0.1, -0.05) is 0 Å². The van der Waals surface area contributed by atoms with Crippen molar-refractivity contribution in [2.24, 2.45) is 0 Å². The van der Waals surface area contributed by atoms with E-state index >= 15 is 0 Å². The van der Waals surface area contributed by atoms with Crippen molar-refractivity contribution in [3.05, 3.63) is 28.9 Å². The molecule has 10 heavy (non-hydrogen) atoms. The molecule has 1 heterocycles. The van der Waals surface area contributed by atoms with Gasteiger partial charge in [-0.15, -0.1) is 0 Å². The van der Waals surface area contributed by atoms with Crippen molar-refractivity contribution >= 4 is 0 Å². The fourth-order valence-electron chi connectivity index (χ4n) is 0.620. The summed E-state index contributed by atoms with van der Waals surface area (Å²) in [6.07, 6.45) is 2.99. The minimum Gasteiger partial charge on any atom is -0.395 e. The number of nitrogens with zero attached hydrogens (tertiary/aromatic N) is 2. The summed E-state index contributed by atoms with van der Waals surface area (Å²) in [6, 6.07) is 1.36. The highest BCUT2D eigenvalue weighted by atomic mass is 16.3. The van der Waals surface area contributed by atoms with Gasteiger partial charge in [0.25, 0.3) is 5.56 Å². The molecule has 4 heteroatoms. The van der Waals surface area contributed by atoms with Gasteiger partial charge in [-0.05, 0) is 0 Å². The Morgan fingerprint density at radius 3 is 3.00 bits per heavy atom. The lowest BCUT2D eigenvalue weighted by atomic mass is 10.6. The van der Waals surface area contributed by atoms with Crippen LogP contribution in [0.5, 0.6) is 0 Å². The highest BCUT2D eigenvalue weighted by Gasteiger charge is 1.85. The van der Waals surface area contributed by atoms with Crippen LogP contribution < -0.4 is 5.56 Å². The van der Waals surface area contributed by atoms with Crippen LogP contribution in [0.1, 0.15) is 0 Å². The van der Waals surface area contributed by atoms with Crippen molar-refractivity contribution in [2.45, 2.75) is 6.54 Å². The zero-order chi connectivity index (χ0) is 7.40. The minimum absolute atomic E-state index is 0.0601. The summed E-state index contributed by atoms with van der Waals surface area (Å²) >= 11 is 0. The molecule has 0 spiro atoms. The van der Waals surface area contributed by atoms with E-state index in [4.69, 9.17) is 5.11 Å². The first kappa shape index (κ1) is 6.95. The monoisotopic (exact) mass is 140 g/mol. The molecule has 54 valence electrons. The summed E-state index contributed by atoms with van der Waals surface area (Å²) in [5.74, 6) is 0. The van der Waals surface area contributed by atoms with Crippen LogP contribution in [0.3, 0.4) is 0 Å². The molecule has 1 aromatic rings. The van der Waals surface area contributed by atoms with Crippen molar-refractivity contribution in [2.75, 3.05) is 6.61 Å². The third-order valence-electron chi connectivity index (χ3n) is 1.10. The van der Waals surface area contributed by atoms with Crippen molar-refractivity contribution in [1.29, 1.82) is 0 Å². The maximum atomic E-state index is 10.4. The van der Waals surface area contributed by atoms with Gasteiger partial charge in [-0.3, -0.25) is 4.79 Å². The Balaban J connectivity index is 2.79. The molecular weight excluding hydrogens is 132 g/mol. The normalized spacial score (nSPS) is 9.70. The predicted molar refractivity (Wildman–Crippen MR) is 35.6 cm³/mol. The molecular formula is C6H8N2O2. The maximum absolute atomic E-state index is 10.4. The maximum Gasteiger partial charge on any atom is 0.272 e. The molecule has 0 amide bonds. The first-order valence-electron chi connectivity index (χ1n) is 2.96. The van der Waals surface area contributed by atoms with Gasteiger partial charge in [-0.2, -0.15) is 4.98 Å². The molecule has 1 rings (SSSR count). The SMILES string of the molecule is O=c1ccn(CCO)cn1. The largest absolute Gasteiger partial charge is 0.395 e. The molecule has 0 aliphatic heterocycles. The smallest absolute Gasteiger partial charge is 0.272 e. The van der Waals surface area contributed by atoms with Crippen LogP contribution in [0, 0.1) is 0 Å². The summed E-state index contributed by atoms with van der Waals surface area (Å²) in [5.41, 5.74) is -0.255. The van der Waals surface area contributed by atoms with Crippen molar-refractivity contribution in [1.82, 2.24) is 9.55 Å². The van der Waals surface area contributed by atoms with Crippen LogP contribution >= 0.6 is 0 Å². The second-order valence-electron chi connectivity index (χ2n) is 1.86. The van der Waals surface area contributed by atoms with E-state index in [0.29, 0.717) is 6.54 Å². The predicted octanol–water partition coefficient (Wildman–Crippen LogP) is -0.764. The van der Waals surface area contributed by atoms with Gasteiger partial charge < -0.3 is 9.67 Å². The van der Waals surface area contributed by atoms with E-state index < -0.39 is 0 Å². The van der Waals surface area contributed by atoms with Gasteiger partial charge in [0.05, 0.1) is 12.9 Å². The third-order valence-corrected chi connectivity index (χ3v) is 1.10. The summed E-state index contributed by atoms with van der Waals surface area (Å²) in [5, 5.41) is 8.46. The first-order valence-corrected chi connectivity index (χ1v) is 2.96. The molecule has 0 saturated heterocycles. The molecule has 0 aliphatic carbocycles. The number of aliphatic hydroxyl groups excluding tert-OH is 1. The fraction of sp³-hybridized carbons (Fsp3) is 0.333. The van der Waals surface area contributed by atoms with Crippen LogP contribution in [-0.2, 0) is 6.54 Å². The van der Waals surface area contributed by atoms with E-state index in [1.807, 2.05) is 0 Å². The molecule has 0 aromatic carbocycles. The molecule has 0 bridgehead atoms. The zero-order valence-corrected chi connectivity index (χ0v) is 5.40. The van der Waals surface area contributed by atoms with Crippen LogP contribution in [0.2, 0.25) is 0 Å².